The summed E-state index contributed by atoms with van der Waals surface area (Å²) >= 11 is 0. The van der Waals surface area contributed by atoms with Gasteiger partial charge in [0.1, 0.15) is 5.75 Å². The number of hydrogen-bond donors (Lipinski definition) is 2. The van der Waals surface area contributed by atoms with E-state index in [1.165, 1.54) is 6.07 Å². The molecule has 0 amide bonds. The van der Waals surface area contributed by atoms with E-state index >= 15 is 0 Å². The third kappa shape index (κ3) is 3.21. The molecule has 0 saturated heterocycles. The Morgan fingerprint density at radius 3 is 2.68 bits per heavy atom. The molecule has 1 heterocycles. The normalized spacial score (nSPS) is 10.8. The number of nitrogens with one attached hydrogen (secondary N) is 2. The smallest absolute Gasteiger partial charge is 0.387 e. The van der Waals surface area contributed by atoms with Crippen LogP contribution in [0.15, 0.2) is 24.3 Å². The highest BCUT2D eigenvalue weighted by Crippen LogP contribution is 2.26. The van der Waals surface area contributed by atoms with Crippen LogP contribution in [-0.2, 0) is 6.54 Å². The summed E-state index contributed by atoms with van der Waals surface area (Å²) in [6.45, 7) is 1.47. The van der Waals surface area contributed by atoms with Crippen LogP contribution in [0, 0.1) is 13.8 Å². The molecule has 2 aromatic rings. The van der Waals surface area contributed by atoms with Gasteiger partial charge < -0.3 is 10.1 Å². The van der Waals surface area contributed by atoms with Gasteiger partial charge in [-0.1, -0.05) is 12.1 Å². The molecular formula is C13H15F2N3O. The Bertz CT molecular complexity index is 535. The fourth-order valence-corrected chi connectivity index (χ4v) is 1.83. The molecule has 102 valence electrons. The summed E-state index contributed by atoms with van der Waals surface area (Å²) in [5.74, 6) is 0.135. The Hall–Kier alpha value is -2.11. The Morgan fingerprint density at radius 2 is 2.05 bits per heavy atom. The molecule has 2 rings (SSSR count). The van der Waals surface area contributed by atoms with Crippen LogP contribution < -0.4 is 10.1 Å². The van der Waals surface area contributed by atoms with Crippen LogP contribution in [0.2, 0.25) is 0 Å². The number of rotatable bonds is 5. The minimum atomic E-state index is -2.83. The zero-order chi connectivity index (χ0) is 13.8. The molecule has 1 aromatic carbocycles. The first-order chi connectivity index (χ1) is 9.08. The van der Waals surface area contributed by atoms with Crippen LogP contribution >= 0.6 is 0 Å². The van der Waals surface area contributed by atoms with Gasteiger partial charge in [-0.15, -0.1) is 0 Å². The number of anilines is 1. The molecule has 0 aliphatic heterocycles. The van der Waals surface area contributed by atoms with Gasteiger partial charge in [0.15, 0.2) is 0 Å². The second-order valence-electron chi connectivity index (χ2n) is 4.14. The van der Waals surface area contributed by atoms with Crippen LogP contribution in [0.3, 0.4) is 0 Å². The lowest BCUT2D eigenvalue weighted by atomic mass is 10.2. The van der Waals surface area contributed by atoms with Crippen molar-refractivity contribution >= 4 is 5.69 Å². The maximum atomic E-state index is 12.3. The van der Waals surface area contributed by atoms with Crippen molar-refractivity contribution < 1.29 is 13.5 Å². The van der Waals surface area contributed by atoms with E-state index in [0.29, 0.717) is 12.2 Å². The number of nitrogens with zero attached hydrogens (tertiary/aromatic N) is 1. The Kier molecular flexibility index (Phi) is 3.99. The molecule has 2 N–H and O–H groups in total. The average molecular weight is 267 g/mol. The molecule has 0 spiro atoms. The first-order valence-electron chi connectivity index (χ1n) is 5.86. The molecule has 4 nitrogen and oxygen atoms in total. The molecule has 19 heavy (non-hydrogen) atoms. The lowest BCUT2D eigenvalue weighted by molar-refractivity contribution is -0.0493. The fourth-order valence-electron chi connectivity index (χ4n) is 1.83. The molecule has 0 fully saturated rings. The maximum Gasteiger partial charge on any atom is 0.387 e. The second kappa shape index (κ2) is 5.69. The highest BCUT2D eigenvalue weighted by atomic mass is 19.3. The number of benzene rings is 1. The first-order valence-corrected chi connectivity index (χ1v) is 5.86. The Labute approximate surface area is 109 Å². The fraction of sp³-hybridized carbons (Fsp3) is 0.308. The summed E-state index contributed by atoms with van der Waals surface area (Å²) < 4.78 is 29.0. The van der Waals surface area contributed by atoms with E-state index in [0.717, 1.165) is 17.0 Å². The van der Waals surface area contributed by atoms with Gasteiger partial charge in [0.05, 0.1) is 11.4 Å². The lowest BCUT2D eigenvalue weighted by Crippen LogP contribution is -2.07. The van der Waals surface area contributed by atoms with Gasteiger partial charge in [-0.25, -0.2) is 0 Å². The van der Waals surface area contributed by atoms with Gasteiger partial charge >= 0.3 is 6.61 Å². The summed E-state index contributed by atoms with van der Waals surface area (Å²) in [5.41, 5.74) is 3.39. The van der Waals surface area contributed by atoms with E-state index in [9.17, 15) is 8.78 Å². The zero-order valence-electron chi connectivity index (χ0n) is 10.7. The van der Waals surface area contributed by atoms with Gasteiger partial charge in [0.25, 0.3) is 0 Å². The van der Waals surface area contributed by atoms with Crippen molar-refractivity contribution in [3.63, 3.8) is 0 Å². The zero-order valence-corrected chi connectivity index (χ0v) is 10.7. The highest BCUT2D eigenvalue weighted by molar-refractivity contribution is 5.56. The van der Waals surface area contributed by atoms with Crippen molar-refractivity contribution in [1.29, 1.82) is 0 Å². The predicted molar refractivity (Wildman–Crippen MR) is 68.5 cm³/mol. The first kappa shape index (κ1) is 13.3. The number of aryl methyl sites for hydroxylation is 2. The van der Waals surface area contributed by atoms with Crippen LogP contribution in [0.1, 0.15) is 17.0 Å². The van der Waals surface area contributed by atoms with E-state index in [4.69, 9.17) is 0 Å². The van der Waals surface area contributed by atoms with Crippen LogP contribution in [0.5, 0.6) is 5.75 Å². The summed E-state index contributed by atoms with van der Waals surface area (Å²) in [7, 11) is 0. The minimum absolute atomic E-state index is 0.135. The Morgan fingerprint density at radius 1 is 1.32 bits per heavy atom. The predicted octanol–water partition coefficient (Wildman–Crippen LogP) is 3.24. The van der Waals surface area contributed by atoms with Crippen molar-refractivity contribution in [1.82, 2.24) is 10.2 Å². The third-order valence-electron chi connectivity index (χ3n) is 2.84. The van der Waals surface area contributed by atoms with Crippen molar-refractivity contribution in [3.05, 3.63) is 41.2 Å². The number of para-hydroxylation sites is 2. The number of ether oxygens (including phenoxy) is 1. The molecule has 0 saturated carbocycles. The third-order valence-corrected chi connectivity index (χ3v) is 2.84. The summed E-state index contributed by atoms with van der Waals surface area (Å²) in [5, 5.41) is 10.0. The average Bonchev–Trinajstić information content (AvgIpc) is 2.68. The van der Waals surface area contributed by atoms with Gasteiger partial charge in [-0.2, -0.15) is 13.9 Å². The monoisotopic (exact) mass is 267 g/mol. The highest BCUT2D eigenvalue weighted by Gasteiger charge is 2.10. The van der Waals surface area contributed by atoms with Crippen molar-refractivity contribution in [3.8, 4) is 5.75 Å². The molecule has 0 radical (unpaired) electrons. The van der Waals surface area contributed by atoms with E-state index < -0.39 is 6.61 Å². The van der Waals surface area contributed by atoms with Crippen molar-refractivity contribution in [2.45, 2.75) is 27.0 Å². The maximum absolute atomic E-state index is 12.3. The summed E-state index contributed by atoms with van der Waals surface area (Å²) in [4.78, 5) is 0. The van der Waals surface area contributed by atoms with Gasteiger partial charge in [-0.05, 0) is 26.0 Å². The van der Waals surface area contributed by atoms with E-state index in [1.54, 1.807) is 18.2 Å². The van der Waals surface area contributed by atoms with Gasteiger partial charge in [-0.3, -0.25) is 5.10 Å². The number of aromatic amines is 1. The molecule has 0 atom stereocenters. The summed E-state index contributed by atoms with van der Waals surface area (Å²) in [6, 6.07) is 6.61. The van der Waals surface area contributed by atoms with Crippen LogP contribution in [0.25, 0.3) is 0 Å². The van der Waals surface area contributed by atoms with E-state index in [1.807, 2.05) is 13.8 Å². The van der Waals surface area contributed by atoms with E-state index in [2.05, 4.69) is 20.3 Å². The second-order valence-corrected chi connectivity index (χ2v) is 4.14. The van der Waals surface area contributed by atoms with Crippen LogP contribution in [-0.4, -0.2) is 16.8 Å². The summed E-state index contributed by atoms with van der Waals surface area (Å²) in [6.07, 6.45) is 0. The van der Waals surface area contributed by atoms with E-state index in [-0.39, 0.29) is 5.75 Å². The van der Waals surface area contributed by atoms with Gasteiger partial charge in [0.2, 0.25) is 0 Å². The topological polar surface area (TPSA) is 49.9 Å². The number of aromatic nitrogens is 2. The Balaban J connectivity index is 2.11. The molecule has 0 aliphatic rings. The molecular weight excluding hydrogens is 252 g/mol. The quantitative estimate of drug-likeness (QED) is 0.874. The van der Waals surface area contributed by atoms with Crippen LogP contribution in [0.4, 0.5) is 14.5 Å². The number of H-pyrrole nitrogens is 1. The van der Waals surface area contributed by atoms with Crippen molar-refractivity contribution in [2.75, 3.05) is 5.32 Å². The molecule has 0 unspecified atom stereocenters. The number of hydrogen-bond acceptors (Lipinski definition) is 3. The standard InChI is InChI=1S/C13H15F2N3O/c1-8-10(9(2)18-17-8)7-16-11-5-3-4-6-12(11)19-13(14)15/h3-6,13,16H,7H2,1-2H3,(H,17,18). The SMILES string of the molecule is Cc1n[nH]c(C)c1CNc1ccccc1OC(F)F. The molecule has 1 aromatic heterocycles. The number of alkyl halides is 2. The van der Waals surface area contributed by atoms with Crippen molar-refractivity contribution in [2.24, 2.45) is 0 Å². The number of halogens is 2. The molecule has 0 bridgehead atoms. The largest absolute Gasteiger partial charge is 0.433 e. The minimum Gasteiger partial charge on any atom is -0.433 e. The van der Waals surface area contributed by atoms with Gasteiger partial charge in [0, 0.05) is 17.8 Å². The molecule has 0 aliphatic carbocycles. The lowest BCUT2D eigenvalue weighted by Gasteiger charge is -2.12. The molecule has 6 heteroatoms.